The third-order valence-electron chi connectivity index (χ3n) is 2.54. The molecule has 0 aliphatic heterocycles. The molecule has 4 N–H and O–H groups in total. The summed E-state index contributed by atoms with van der Waals surface area (Å²) < 4.78 is 7.96. The monoisotopic (exact) mass is 188 g/mol. The smallest absolute Gasteiger partial charge is 0.323 e. The molecule has 1 aliphatic rings. The van der Waals surface area contributed by atoms with Crippen LogP contribution in [-0.4, -0.2) is 28.3 Å². The van der Waals surface area contributed by atoms with Crippen LogP contribution in [0.25, 0.3) is 0 Å². The molecule has 0 radical (unpaired) electrons. The standard InChI is InChI=1S/C9H17NO3/c10-7(9(12)13)8(11)6-4-2-1-3-5-6/h6-8,11H,1-5,10H2,(H,12,13)/t7-,8-/m1/s1/i6D. The van der Waals surface area contributed by atoms with E-state index in [4.69, 9.17) is 12.2 Å². The van der Waals surface area contributed by atoms with Gasteiger partial charge in [-0.15, -0.1) is 0 Å². The van der Waals surface area contributed by atoms with E-state index in [1.54, 1.807) is 0 Å². The lowest BCUT2D eigenvalue weighted by Gasteiger charge is -2.28. The number of carboxylic acid groups (broad SMARTS) is 1. The maximum Gasteiger partial charge on any atom is 0.323 e. The molecule has 0 aromatic heterocycles. The molecule has 0 bridgehead atoms. The molecule has 4 heteroatoms. The predicted molar refractivity (Wildman–Crippen MR) is 48.2 cm³/mol. The van der Waals surface area contributed by atoms with Gasteiger partial charge in [-0.3, -0.25) is 4.79 Å². The SMILES string of the molecule is [2H]C1([C@@H](O)[C@@H](N)C(=O)O)CCCCC1. The molecular weight excluding hydrogens is 170 g/mol. The van der Waals surface area contributed by atoms with Gasteiger partial charge in [-0.2, -0.15) is 0 Å². The van der Waals surface area contributed by atoms with Gasteiger partial charge in [0.25, 0.3) is 0 Å². The van der Waals surface area contributed by atoms with Crippen LogP contribution in [0.2, 0.25) is 0 Å². The second kappa shape index (κ2) is 4.58. The van der Waals surface area contributed by atoms with Gasteiger partial charge in [0.1, 0.15) is 6.04 Å². The second-order valence-corrected chi connectivity index (χ2v) is 3.53. The molecule has 0 unspecified atom stereocenters. The lowest BCUT2D eigenvalue weighted by Crippen LogP contribution is -2.46. The molecule has 1 aliphatic carbocycles. The highest BCUT2D eigenvalue weighted by Gasteiger charge is 2.30. The molecule has 0 spiro atoms. The summed E-state index contributed by atoms with van der Waals surface area (Å²) >= 11 is 0. The van der Waals surface area contributed by atoms with Gasteiger partial charge in [0.2, 0.25) is 0 Å². The molecule has 0 heterocycles. The number of aliphatic hydroxyl groups excluding tert-OH is 1. The van der Waals surface area contributed by atoms with Crippen LogP contribution >= 0.6 is 0 Å². The first kappa shape index (κ1) is 8.97. The third kappa shape index (κ3) is 2.67. The molecule has 76 valence electrons. The van der Waals surface area contributed by atoms with Crippen molar-refractivity contribution in [3.05, 3.63) is 0 Å². The van der Waals surface area contributed by atoms with Crippen molar-refractivity contribution in [1.29, 1.82) is 0 Å². The molecule has 2 atom stereocenters. The summed E-state index contributed by atoms with van der Waals surface area (Å²) in [5.74, 6) is -2.30. The Hall–Kier alpha value is -0.610. The number of carbonyl (C=O) groups is 1. The molecule has 0 saturated heterocycles. The number of hydrogen-bond donors (Lipinski definition) is 3. The van der Waals surface area contributed by atoms with Gasteiger partial charge in [-0.05, 0) is 18.7 Å². The fraction of sp³-hybridized carbons (Fsp3) is 0.889. The van der Waals surface area contributed by atoms with Crippen molar-refractivity contribution in [3.8, 4) is 0 Å². The third-order valence-corrected chi connectivity index (χ3v) is 2.54. The van der Waals surface area contributed by atoms with Crippen molar-refractivity contribution < 1.29 is 16.4 Å². The maximum absolute atomic E-state index is 10.6. The number of rotatable bonds is 3. The minimum Gasteiger partial charge on any atom is -0.480 e. The predicted octanol–water partition coefficient (Wildman–Crippen LogP) is 0.339. The van der Waals surface area contributed by atoms with E-state index in [0.717, 1.165) is 19.3 Å². The van der Waals surface area contributed by atoms with E-state index in [1.807, 2.05) is 0 Å². The van der Waals surface area contributed by atoms with E-state index < -0.39 is 24.0 Å². The number of aliphatic carboxylic acids is 1. The largest absolute Gasteiger partial charge is 0.480 e. The van der Waals surface area contributed by atoms with Crippen LogP contribution in [0.5, 0.6) is 0 Å². The van der Waals surface area contributed by atoms with Gasteiger partial charge in [-0.25, -0.2) is 0 Å². The van der Waals surface area contributed by atoms with Gasteiger partial charge in [0, 0.05) is 1.37 Å². The quantitative estimate of drug-likeness (QED) is 0.596. The summed E-state index contributed by atoms with van der Waals surface area (Å²) in [6, 6.07) is -1.34. The zero-order valence-corrected chi connectivity index (χ0v) is 7.57. The van der Waals surface area contributed by atoms with E-state index in [-0.39, 0.29) is 0 Å². The summed E-state index contributed by atoms with van der Waals surface area (Å²) in [5.41, 5.74) is 5.31. The normalized spacial score (nSPS) is 27.4. The molecule has 1 rings (SSSR count). The molecule has 4 nitrogen and oxygen atoms in total. The molecule has 0 aromatic rings. The van der Waals surface area contributed by atoms with Crippen LogP contribution in [0.3, 0.4) is 0 Å². The second-order valence-electron chi connectivity index (χ2n) is 3.53. The van der Waals surface area contributed by atoms with Crippen molar-refractivity contribution >= 4 is 5.97 Å². The fourth-order valence-corrected chi connectivity index (χ4v) is 1.69. The molecule has 0 aromatic carbocycles. The summed E-state index contributed by atoms with van der Waals surface area (Å²) in [5, 5.41) is 18.3. The number of nitrogens with two attached hydrogens (primary N) is 1. The van der Waals surface area contributed by atoms with Crippen molar-refractivity contribution in [2.75, 3.05) is 0 Å². The Labute approximate surface area is 79.1 Å². The summed E-state index contributed by atoms with van der Waals surface area (Å²) in [7, 11) is 0. The highest BCUT2D eigenvalue weighted by molar-refractivity contribution is 5.73. The Morgan fingerprint density at radius 3 is 2.46 bits per heavy atom. The summed E-state index contributed by atoms with van der Waals surface area (Å²) in [4.78, 5) is 10.6. The molecular formula is C9H17NO3. The van der Waals surface area contributed by atoms with E-state index in [9.17, 15) is 9.90 Å². The number of hydrogen-bond acceptors (Lipinski definition) is 3. The van der Waals surface area contributed by atoms with E-state index in [0.29, 0.717) is 12.8 Å². The van der Waals surface area contributed by atoms with Gasteiger partial charge in [-0.1, -0.05) is 19.3 Å². The topological polar surface area (TPSA) is 83.5 Å². The summed E-state index contributed by atoms with van der Waals surface area (Å²) in [6.45, 7) is 0. The Bertz CT molecular complexity index is 216. The van der Waals surface area contributed by atoms with Crippen LogP contribution in [0.1, 0.15) is 33.5 Å². The maximum atomic E-state index is 10.6. The first-order valence-corrected chi connectivity index (χ1v) is 4.64. The van der Waals surface area contributed by atoms with Crippen molar-refractivity contribution in [2.24, 2.45) is 11.6 Å². The Morgan fingerprint density at radius 1 is 1.46 bits per heavy atom. The minimum absolute atomic E-state index is 0.537. The summed E-state index contributed by atoms with van der Waals surface area (Å²) in [6.07, 6.45) is 2.60. The van der Waals surface area contributed by atoms with Crippen LogP contribution < -0.4 is 5.73 Å². The highest BCUT2D eigenvalue weighted by Crippen LogP contribution is 2.27. The van der Waals surface area contributed by atoms with Crippen LogP contribution in [-0.2, 0) is 4.79 Å². The molecule has 13 heavy (non-hydrogen) atoms. The highest BCUT2D eigenvalue weighted by atomic mass is 16.4. The molecule has 0 amide bonds. The van der Waals surface area contributed by atoms with Crippen molar-refractivity contribution in [1.82, 2.24) is 0 Å². The zero-order valence-electron chi connectivity index (χ0n) is 8.57. The molecule has 1 fully saturated rings. The fourth-order valence-electron chi connectivity index (χ4n) is 1.69. The van der Waals surface area contributed by atoms with Crippen LogP contribution in [0, 0.1) is 5.89 Å². The van der Waals surface area contributed by atoms with E-state index in [2.05, 4.69) is 0 Å². The van der Waals surface area contributed by atoms with Gasteiger partial charge >= 0.3 is 5.97 Å². The van der Waals surface area contributed by atoms with Crippen LogP contribution in [0.15, 0.2) is 0 Å². The number of carboxylic acids is 1. The zero-order chi connectivity index (χ0) is 10.8. The molecule has 1 saturated carbocycles. The average Bonchev–Trinajstić information content (AvgIpc) is 2.16. The van der Waals surface area contributed by atoms with Gasteiger partial charge in [0.05, 0.1) is 6.10 Å². The average molecular weight is 188 g/mol. The van der Waals surface area contributed by atoms with E-state index in [1.165, 1.54) is 0 Å². The first-order chi connectivity index (χ1) is 6.47. The number of aliphatic hydroxyl groups is 1. The lowest BCUT2D eigenvalue weighted by molar-refractivity contribution is -0.142. The van der Waals surface area contributed by atoms with Crippen LogP contribution in [0.4, 0.5) is 0 Å². The lowest BCUT2D eigenvalue weighted by atomic mass is 9.83. The Kier molecular flexibility index (Phi) is 3.16. The minimum atomic E-state index is -1.34. The Balaban J connectivity index is 2.65. The Morgan fingerprint density at radius 2 is 2.00 bits per heavy atom. The van der Waals surface area contributed by atoms with Crippen molar-refractivity contribution in [3.63, 3.8) is 0 Å². The van der Waals surface area contributed by atoms with Gasteiger partial charge < -0.3 is 15.9 Å². The van der Waals surface area contributed by atoms with Gasteiger partial charge in [0.15, 0.2) is 0 Å². The van der Waals surface area contributed by atoms with Crippen molar-refractivity contribution in [2.45, 2.75) is 44.2 Å². The first-order valence-electron chi connectivity index (χ1n) is 5.14. The van der Waals surface area contributed by atoms with E-state index >= 15 is 0 Å².